The van der Waals surface area contributed by atoms with Crippen LogP contribution in [-0.2, 0) is 9.84 Å². The number of sulfone groups is 1. The van der Waals surface area contributed by atoms with E-state index >= 15 is 0 Å². The molecule has 1 aliphatic rings. The summed E-state index contributed by atoms with van der Waals surface area (Å²) >= 11 is 1.40. The van der Waals surface area contributed by atoms with Crippen molar-refractivity contribution in [3.05, 3.63) is 35.3 Å². The van der Waals surface area contributed by atoms with Crippen molar-refractivity contribution >= 4 is 32.7 Å². The van der Waals surface area contributed by atoms with E-state index in [0.717, 1.165) is 0 Å². The quantitative estimate of drug-likeness (QED) is 0.661. The monoisotopic (exact) mass is 428 g/mol. The molecule has 9 nitrogen and oxygen atoms in total. The molecule has 0 unspecified atom stereocenters. The maximum absolute atomic E-state index is 11.9. The predicted octanol–water partition coefficient (Wildman–Crippen LogP) is 1.92. The van der Waals surface area contributed by atoms with Crippen molar-refractivity contribution in [2.75, 3.05) is 35.9 Å². The van der Waals surface area contributed by atoms with E-state index in [1.807, 2.05) is 5.38 Å². The smallest absolute Gasteiger partial charge is 0.170 e. The van der Waals surface area contributed by atoms with E-state index in [9.17, 15) is 13.7 Å². The highest BCUT2D eigenvalue weighted by Crippen LogP contribution is 2.33. The first-order chi connectivity index (χ1) is 13.9. The van der Waals surface area contributed by atoms with Crippen LogP contribution in [0.4, 0.5) is 11.5 Å². The molecular formula is C18H16N6O3S2. The highest BCUT2D eigenvalue weighted by molar-refractivity contribution is 7.91. The topological polar surface area (TPSA) is 135 Å². The van der Waals surface area contributed by atoms with Crippen molar-refractivity contribution in [3.63, 3.8) is 0 Å². The number of anilines is 2. The molecule has 0 saturated carbocycles. The number of rotatable bonds is 4. The third kappa shape index (κ3) is 3.72. The van der Waals surface area contributed by atoms with Crippen LogP contribution in [0.25, 0.3) is 22.1 Å². The Morgan fingerprint density at radius 2 is 2.10 bits per heavy atom. The number of hydrogen-bond donors (Lipinski definition) is 1. The number of aromatic nitrogens is 3. The van der Waals surface area contributed by atoms with Crippen LogP contribution >= 0.6 is 11.3 Å². The van der Waals surface area contributed by atoms with Crippen LogP contribution in [0.2, 0.25) is 0 Å². The molecule has 11 heteroatoms. The second-order valence-corrected chi connectivity index (χ2v) is 9.41. The van der Waals surface area contributed by atoms with Crippen LogP contribution in [0, 0.1) is 11.3 Å². The Balaban J connectivity index is 1.88. The lowest BCUT2D eigenvalue weighted by atomic mass is 10.1. The van der Waals surface area contributed by atoms with Crippen molar-refractivity contribution in [1.29, 1.82) is 5.26 Å². The standard InChI is InChI=1S/C18H16N6O3S2/c1-27-11-6-14(22-16(7-11)24-3-5-29(25,26)10-24)17-12(9-19)13(20)8-15(23-17)18-21-2-4-28-18/h2,4,6-8H,3,5,10H2,1H3,(H2,20,23). The van der Waals surface area contributed by atoms with Crippen LogP contribution < -0.4 is 15.4 Å². The minimum Gasteiger partial charge on any atom is -0.497 e. The van der Waals surface area contributed by atoms with E-state index in [2.05, 4.69) is 21.0 Å². The molecule has 2 N–H and O–H groups in total. The number of ether oxygens (including phenoxy) is 1. The fraction of sp³-hybridized carbons (Fsp3) is 0.222. The van der Waals surface area contributed by atoms with Crippen molar-refractivity contribution in [2.24, 2.45) is 0 Å². The predicted molar refractivity (Wildman–Crippen MR) is 110 cm³/mol. The molecule has 0 spiro atoms. The van der Waals surface area contributed by atoms with Gasteiger partial charge in [0.15, 0.2) is 9.84 Å². The van der Waals surface area contributed by atoms with Crippen molar-refractivity contribution in [1.82, 2.24) is 15.0 Å². The molecule has 1 saturated heterocycles. The molecule has 1 aliphatic heterocycles. The highest BCUT2D eigenvalue weighted by atomic mass is 32.2. The molecule has 3 aromatic rings. The van der Waals surface area contributed by atoms with Gasteiger partial charge in [0.05, 0.1) is 24.2 Å². The lowest BCUT2D eigenvalue weighted by molar-refractivity contribution is 0.414. The SMILES string of the molecule is COc1cc(-c2nc(-c3nccs3)cc(N)c2C#N)nc(N2CCS(=O)(=O)C2)c1. The van der Waals surface area contributed by atoms with E-state index in [0.29, 0.717) is 40.2 Å². The number of nitrogen functional groups attached to an aromatic ring is 1. The number of methoxy groups -OCH3 is 1. The third-order valence-electron chi connectivity index (χ3n) is 4.43. The minimum absolute atomic E-state index is 0.0649. The summed E-state index contributed by atoms with van der Waals surface area (Å²) in [5.74, 6) is 0.851. The normalized spacial score (nSPS) is 15.2. The third-order valence-corrected chi connectivity index (χ3v) is 6.73. The van der Waals surface area contributed by atoms with E-state index in [1.54, 1.807) is 29.3 Å². The van der Waals surface area contributed by atoms with Gasteiger partial charge in [0.2, 0.25) is 0 Å². The van der Waals surface area contributed by atoms with Crippen LogP contribution in [0.1, 0.15) is 5.56 Å². The molecule has 0 atom stereocenters. The summed E-state index contributed by atoms with van der Waals surface area (Å²) in [4.78, 5) is 15.0. The van der Waals surface area contributed by atoms with Gasteiger partial charge in [-0.15, -0.1) is 11.3 Å². The summed E-state index contributed by atoms with van der Waals surface area (Å²) in [6.45, 7) is 0.335. The molecule has 4 heterocycles. The van der Waals surface area contributed by atoms with Gasteiger partial charge in [-0.25, -0.2) is 23.4 Å². The van der Waals surface area contributed by atoms with Gasteiger partial charge in [0, 0.05) is 30.3 Å². The average molecular weight is 428 g/mol. The maximum Gasteiger partial charge on any atom is 0.170 e. The lowest BCUT2D eigenvalue weighted by Crippen LogP contribution is -2.21. The number of nitrogens with zero attached hydrogens (tertiary/aromatic N) is 5. The zero-order chi connectivity index (χ0) is 20.6. The Hall–Kier alpha value is -3.23. The molecule has 0 aliphatic carbocycles. The van der Waals surface area contributed by atoms with Crippen molar-refractivity contribution in [2.45, 2.75) is 0 Å². The molecule has 1 fully saturated rings. The van der Waals surface area contributed by atoms with Crippen molar-refractivity contribution < 1.29 is 13.2 Å². The summed E-state index contributed by atoms with van der Waals surface area (Å²) in [6.07, 6.45) is 1.66. The Labute approximate surface area is 171 Å². The zero-order valence-electron chi connectivity index (χ0n) is 15.4. The summed E-state index contributed by atoms with van der Waals surface area (Å²) in [5, 5.41) is 12.1. The molecule has 3 aromatic heterocycles. The van der Waals surface area contributed by atoms with E-state index in [1.165, 1.54) is 18.4 Å². The minimum atomic E-state index is -3.15. The van der Waals surface area contributed by atoms with Gasteiger partial charge in [-0.05, 0) is 6.07 Å². The lowest BCUT2D eigenvalue weighted by Gasteiger charge is -2.17. The highest BCUT2D eigenvalue weighted by Gasteiger charge is 2.27. The van der Waals surface area contributed by atoms with Gasteiger partial charge >= 0.3 is 0 Å². The van der Waals surface area contributed by atoms with Crippen LogP contribution in [0.15, 0.2) is 29.8 Å². The molecule has 0 aromatic carbocycles. The van der Waals surface area contributed by atoms with Crippen LogP contribution in [0.3, 0.4) is 0 Å². The molecular weight excluding hydrogens is 412 g/mol. The first kappa shape index (κ1) is 19.1. The van der Waals surface area contributed by atoms with Crippen molar-refractivity contribution in [3.8, 4) is 33.9 Å². The molecule has 0 amide bonds. The number of thiazole rings is 1. The van der Waals surface area contributed by atoms with Gasteiger partial charge in [-0.3, -0.25) is 0 Å². The Morgan fingerprint density at radius 1 is 1.28 bits per heavy atom. The Kier molecular flexibility index (Phi) is 4.81. The molecule has 148 valence electrons. The van der Waals surface area contributed by atoms with Gasteiger partial charge < -0.3 is 15.4 Å². The van der Waals surface area contributed by atoms with Gasteiger partial charge in [-0.2, -0.15) is 5.26 Å². The van der Waals surface area contributed by atoms with Gasteiger partial charge in [-0.1, -0.05) is 0 Å². The number of nitriles is 1. The molecule has 0 bridgehead atoms. The summed E-state index contributed by atoms with van der Waals surface area (Å²) in [5.41, 5.74) is 7.74. The fourth-order valence-electron chi connectivity index (χ4n) is 3.02. The fourth-order valence-corrected chi connectivity index (χ4v) is 4.98. The second-order valence-electron chi connectivity index (χ2n) is 6.36. The summed E-state index contributed by atoms with van der Waals surface area (Å²) in [6, 6.07) is 6.98. The number of pyridine rings is 2. The molecule has 4 rings (SSSR count). The average Bonchev–Trinajstić information content (AvgIpc) is 3.36. The largest absolute Gasteiger partial charge is 0.497 e. The van der Waals surface area contributed by atoms with E-state index in [-0.39, 0.29) is 22.9 Å². The number of nitrogens with two attached hydrogens (primary N) is 1. The zero-order valence-corrected chi connectivity index (χ0v) is 17.0. The maximum atomic E-state index is 11.9. The Morgan fingerprint density at radius 3 is 2.72 bits per heavy atom. The first-order valence-corrected chi connectivity index (χ1v) is 11.2. The van der Waals surface area contributed by atoms with Crippen LogP contribution in [-0.4, -0.2) is 48.7 Å². The summed E-state index contributed by atoms with van der Waals surface area (Å²) in [7, 11) is -1.64. The van der Waals surface area contributed by atoms with E-state index in [4.69, 9.17) is 10.5 Å². The van der Waals surface area contributed by atoms with E-state index < -0.39 is 9.84 Å². The van der Waals surface area contributed by atoms with Crippen LogP contribution in [0.5, 0.6) is 5.75 Å². The van der Waals surface area contributed by atoms with Gasteiger partial charge in [0.1, 0.15) is 45.5 Å². The second kappa shape index (κ2) is 7.31. The summed E-state index contributed by atoms with van der Waals surface area (Å²) < 4.78 is 29.1. The number of hydrogen-bond acceptors (Lipinski definition) is 10. The first-order valence-electron chi connectivity index (χ1n) is 8.52. The molecule has 0 radical (unpaired) electrons. The molecule has 29 heavy (non-hydrogen) atoms. The van der Waals surface area contributed by atoms with Gasteiger partial charge in [0.25, 0.3) is 0 Å². The Bertz CT molecular complexity index is 1220.